The summed E-state index contributed by atoms with van der Waals surface area (Å²) in [5.74, 6) is -3.34. The van der Waals surface area contributed by atoms with Gasteiger partial charge < -0.3 is 26.8 Å². The Morgan fingerprint density at radius 2 is 1.48 bits per heavy atom. The van der Waals surface area contributed by atoms with Gasteiger partial charge in [0.15, 0.2) is 0 Å². The third-order valence-electron chi connectivity index (χ3n) is 2.81. The molecule has 0 aromatic carbocycles. The Bertz CT molecular complexity index is 472. The van der Waals surface area contributed by atoms with E-state index in [2.05, 4.69) is 16.0 Å². The first-order valence-electron chi connectivity index (χ1n) is 7.23. The zero-order valence-corrected chi connectivity index (χ0v) is 14.1. The summed E-state index contributed by atoms with van der Waals surface area (Å²) in [6.07, 6.45) is -0.524. The number of rotatable bonds is 8. The predicted octanol–water partition coefficient (Wildman–Crippen LogP) is -1.29. The second kappa shape index (κ2) is 8.47. The standard InChI is InChI=1S/C14H26N4O5/c1-7(16-12(21)8(2)18-14(3,4)5)11(20)17-9(13(22)23)6-10(15)19/h7-9,18H,6H2,1-5H3,(H2,15,19)(H,16,21)(H,17,20)(H,22,23)/t7-,8-,9-/m0/s1. The van der Waals surface area contributed by atoms with E-state index in [-0.39, 0.29) is 5.54 Å². The van der Waals surface area contributed by atoms with Gasteiger partial charge in [0.05, 0.1) is 12.5 Å². The number of carbonyl (C=O) groups is 4. The zero-order valence-electron chi connectivity index (χ0n) is 14.1. The number of nitrogens with one attached hydrogen (secondary N) is 3. The fourth-order valence-corrected chi connectivity index (χ4v) is 1.82. The van der Waals surface area contributed by atoms with Crippen LogP contribution in [0.2, 0.25) is 0 Å². The molecule has 3 atom stereocenters. The van der Waals surface area contributed by atoms with E-state index in [1.807, 2.05) is 20.8 Å². The number of aliphatic carboxylic acids is 1. The molecule has 0 spiro atoms. The molecule has 0 bridgehead atoms. The summed E-state index contributed by atoms with van der Waals surface area (Å²) in [7, 11) is 0. The summed E-state index contributed by atoms with van der Waals surface area (Å²) >= 11 is 0. The molecule has 0 unspecified atom stereocenters. The quantitative estimate of drug-likeness (QED) is 0.374. The van der Waals surface area contributed by atoms with E-state index in [0.29, 0.717) is 0 Å². The van der Waals surface area contributed by atoms with Gasteiger partial charge in [0, 0.05) is 5.54 Å². The maximum absolute atomic E-state index is 12.0. The van der Waals surface area contributed by atoms with E-state index in [4.69, 9.17) is 10.8 Å². The van der Waals surface area contributed by atoms with Crippen LogP contribution in [-0.2, 0) is 19.2 Å². The largest absolute Gasteiger partial charge is 0.480 e. The highest BCUT2D eigenvalue weighted by Gasteiger charge is 2.27. The Morgan fingerprint density at radius 1 is 1.00 bits per heavy atom. The number of nitrogens with two attached hydrogens (primary N) is 1. The molecule has 0 aliphatic heterocycles. The smallest absolute Gasteiger partial charge is 0.326 e. The van der Waals surface area contributed by atoms with Crippen molar-refractivity contribution in [2.24, 2.45) is 5.73 Å². The van der Waals surface area contributed by atoms with Crippen molar-refractivity contribution in [1.82, 2.24) is 16.0 Å². The lowest BCUT2D eigenvalue weighted by atomic mass is 10.1. The minimum atomic E-state index is -1.43. The molecule has 132 valence electrons. The zero-order chi connectivity index (χ0) is 18.4. The Hall–Kier alpha value is -2.16. The molecule has 0 rings (SSSR count). The van der Waals surface area contributed by atoms with Crippen LogP contribution in [0, 0.1) is 0 Å². The van der Waals surface area contributed by atoms with Crippen LogP contribution in [0.25, 0.3) is 0 Å². The van der Waals surface area contributed by atoms with Crippen LogP contribution in [0.15, 0.2) is 0 Å². The summed E-state index contributed by atoms with van der Waals surface area (Å²) in [5, 5.41) is 16.6. The molecule has 0 aromatic rings. The van der Waals surface area contributed by atoms with Crippen LogP contribution < -0.4 is 21.7 Å². The summed E-state index contributed by atoms with van der Waals surface area (Å²) in [4.78, 5) is 45.7. The topological polar surface area (TPSA) is 151 Å². The van der Waals surface area contributed by atoms with Gasteiger partial charge in [-0.25, -0.2) is 4.79 Å². The molecule has 0 saturated carbocycles. The van der Waals surface area contributed by atoms with E-state index in [0.717, 1.165) is 0 Å². The second-order valence-corrected chi connectivity index (χ2v) is 6.42. The van der Waals surface area contributed by atoms with Gasteiger partial charge in [0.1, 0.15) is 12.1 Å². The summed E-state index contributed by atoms with van der Waals surface area (Å²) in [5.41, 5.74) is 4.65. The van der Waals surface area contributed by atoms with Crippen LogP contribution in [0.1, 0.15) is 41.0 Å². The van der Waals surface area contributed by atoms with Crippen molar-refractivity contribution in [3.63, 3.8) is 0 Å². The number of hydrogen-bond acceptors (Lipinski definition) is 5. The van der Waals surface area contributed by atoms with Gasteiger partial charge in [-0.05, 0) is 34.6 Å². The fraction of sp³-hybridized carbons (Fsp3) is 0.714. The monoisotopic (exact) mass is 330 g/mol. The number of carbonyl (C=O) groups excluding carboxylic acids is 3. The molecule has 3 amide bonds. The van der Waals surface area contributed by atoms with E-state index in [9.17, 15) is 19.2 Å². The van der Waals surface area contributed by atoms with Crippen molar-refractivity contribution in [3.8, 4) is 0 Å². The second-order valence-electron chi connectivity index (χ2n) is 6.42. The molecule has 0 radical (unpaired) electrons. The van der Waals surface area contributed by atoms with Gasteiger partial charge in [0.2, 0.25) is 17.7 Å². The lowest BCUT2D eigenvalue weighted by molar-refractivity contribution is -0.143. The van der Waals surface area contributed by atoms with E-state index in [1.54, 1.807) is 6.92 Å². The van der Waals surface area contributed by atoms with Crippen LogP contribution in [0.5, 0.6) is 0 Å². The Morgan fingerprint density at radius 3 is 1.87 bits per heavy atom. The highest BCUT2D eigenvalue weighted by atomic mass is 16.4. The van der Waals surface area contributed by atoms with E-state index in [1.165, 1.54) is 6.92 Å². The number of carboxylic acids is 1. The first kappa shape index (κ1) is 20.8. The van der Waals surface area contributed by atoms with Crippen molar-refractivity contribution in [1.29, 1.82) is 0 Å². The van der Waals surface area contributed by atoms with Gasteiger partial charge in [-0.15, -0.1) is 0 Å². The van der Waals surface area contributed by atoms with Crippen molar-refractivity contribution in [2.75, 3.05) is 0 Å². The molecule has 6 N–H and O–H groups in total. The van der Waals surface area contributed by atoms with Crippen molar-refractivity contribution >= 4 is 23.7 Å². The van der Waals surface area contributed by atoms with E-state index >= 15 is 0 Å². The number of carboxylic acid groups (broad SMARTS) is 1. The van der Waals surface area contributed by atoms with Gasteiger partial charge >= 0.3 is 5.97 Å². The van der Waals surface area contributed by atoms with Crippen LogP contribution in [-0.4, -0.2) is 52.5 Å². The number of primary amides is 1. The molecule has 0 aliphatic rings. The molecule has 0 fully saturated rings. The molecule has 0 heterocycles. The SMILES string of the molecule is C[C@H](NC(=O)[C@H](C)NC(C)(C)C)C(=O)N[C@@H](CC(N)=O)C(=O)O. The molecule has 0 saturated heterocycles. The van der Waals surface area contributed by atoms with Gasteiger partial charge in [-0.3, -0.25) is 14.4 Å². The molecule has 9 nitrogen and oxygen atoms in total. The first-order valence-corrected chi connectivity index (χ1v) is 7.23. The Kier molecular flexibility index (Phi) is 7.67. The van der Waals surface area contributed by atoms with Gasteiger partial charge in [-0.1, -0.05) is 0 Å². The summed E-state index contributed by atoms with van der Waals surface area (Å²) in [6.45, 7) is 8.76. The molecule has 0 aromatic heterocycles. The molecular formula is C14H26N4O5. The minimum absolute atomic E-state index is 0.280. The molecule has 23 heavy (non-hydrogen) atoms. The van der Waals surface area contributed by atoms with Crippen LogP contribution in [0.4, 0.5) is 0 Å². The van der Waals surface area contributed by atoms with Gasteiger partial charge in [0.25, 0.3) is 0 Å². The molecular weight excluding hydrogens is 304 g/mol. The highest BCUT2D eigenvalue weighted by Crippen LogP contribution is 2.01. The average Bonchev–Trinajstić information content (AvgIpc) is 2.34. The molecule has 9 heteroatoms. The average molecular weight is 330 g/mol. The highest BCUT2D eigenvalue weighted by molar-refractivity contribution is 5.92. The Labute approximate surface area is 135 Å². The normalized spacial score (nSPS) is 15.2. The van der Waals surface area contributed by atoms with Crippen molar-refractivity contribution < 1.29 is 24.3 Å². The number of amides is 3. The molecule has 0 aliphatic carbocycles. The maximum atomic E-state index is 12.0. The minimum Gasteiger partial charge on any atom is -0.480 e. The first-order chi connectivity index (χ1) is 10.3. The van der Waals surface area contributed by atoms with Crippen molar-refractivity contribution in [2.45, 2.75) is 64.7 Å². The van der Waals surface area contributed by atoms with Crippen LogP contribution >= 0.6 is 0 Å². The third kappa shape index (κ3) is 8.77. The third-order valence-corrected chi connectivity index (χ3v) is 2.81. The van der Waals surface area contributed by atoms with E-state index < -0.39 is 48.2 Å². The van der Waals surface area contributed by atoms with Crippen molar-refractivity contribution in [3.05, 3.63) is 0 Å². The summed E-state index contributed by atoms with van der Waals surface area (Å²) < 4.78 is 0. The summed E-state index contributed by atoms with van der Waals surface area (Å²) in [6, 6.07) is -2.92. The predicted molar refractivity (Wildman–Crippen MR) is 83.3 cm³/mol. The lowest BCUT2D eigenvalue weighted by Gasteiger charge is -2.26. The lowest BCUT2D eigenvalue weighted by Crippen LogP contribution is -2.55. The van der Waals surface area contributed by atoms with Crippen LogP contribution in [0.3, 0.4) is 0 Å². The Balaban J connectivity index is 4.62. The van der Waals surface area contributed by atoms with Gasteiger partial charge in [-0.2, -0.15) is 0 Å². The maximum Gasteiger partial charge on any atom is 0.326 e. The fourth-order valence-electron chi connectivity index (χ4n) is 1.82. The number of hydrogen-bond donors (Lipinski definition) is 5.